The van der Waals surface area contributed by atoms with Crippen LogP contribution >= 0.6 is 0 Å². The van der Waals surface area contributed by atoms with Gasteiger partial charge in [-0.25, -0.2) is 0 Å². The Hall–Kier alpha value is -0.180. The smallest absolute Gasteiger partial charge is 0.547 e. The minimum absolute atomic E-state index is 0. The third-order valence-corrected chi connectivity index (χ3v) is 0.640. The van der Waals surface area contributed by atoms with Gasteiger partial charge in [-0.15, -0.1) is 0 Å². The third kappa shape index (κ3) is 12.5. The summed E-state index contributed by atoms with van der Waals surface area (Å²) >= 11 is 0. The molecule has 0 saturated carbocycles. The number of carbonyl (C=O) groups is 2. The first kappa shape index (κ1) is 22.6. The maximum absolute atomic E-state index is 9.66. The van der Waals surface area contributed by atoms with E-state index >= 15 is 0 Å². The van der Waals surface area contributed by atoms with E-state index in [1.165, 1.54) is 0 Å². The van der Waals surface area contributed by atoms with Crippen molar-refractivity contribution < 1.29 is 65.4 Å². The standard InChI is InChI=1S/C4H6O5.Na.2H2O/c5-2(4(8)9)1-3(6)7;;;/h2,5H,1H2,(H,6,7)(H,8,9);;2*1H2/q;+1;;/p-1. The van der Waals surface area contributed by atoms with E-state index in [-0.39, 0.29) is 40.5 Å². The van der Waals surface area contributed by atoms with Crippen LogP contribution in [-0.4, -0.2) is 39.2 Å². The Bertz CT molecular complexity index is 135. The van der Waals surface area contributed by atoms with Crippen molar-refractivity contribution in [3.63, 3.8) is 0 Å². The van der Waals surface area contributed by atoms with Gasteiger partial charge >= 0.3 is 35.5 Å². The second-order valence-electron chi connectivity index (χ2n) is 1.43. The molecule has 68 valence electrons. The number of hydrogen-bond acceptors (Lipinski definition) is 4. The monoisotopic (exact) mass is 192 g/mol. The molecule has 0 saturated heterocycles. The van der Waals surface area contributed by atoms with Crippen molar-refractivity contribution in [2.75, 3.05) is 0 Å². The molecule has 0 bridgehead atoms. The van der Waals surface area contributed by atoms with E-state index in [2.05, 4.69) is 0 Å². The van der Waals surface area contributed by atoms with Gasteiger partial charge in [-0.05, 0) is 0 Å². The number of rotatable bonds is 3. The zero-order chi connectivity index (χ0) is 7.44. The van der Waals surface area contributed by atoms with Gasteiger partial charge in [-0.2, -0.15) is 0 Å². The summed E-state index contributed by atoms with van der Waals surface area (Å²) in [5.41, 5.74) is 0. The molecule has 0 aliphatic rings. The van der Waals surface area contributed by atoms with Gasteiger partial charge < -0.3 is 31.1 Å². The van der Waals surface area contributed by atoms with Crippen molar-refractivity contribution in [2.45, 2.75) is 12.5 Å². The maximum atomic E-state index is 9.66. The Kier molecular flexibility index (Phi) is 20.4. The summed E-state index contributed by atoms with van der Waals surface area (Å²) in [6.45, 7) is 0. The number of aliphatic hydroxyl groups is 1. The number of aliphatic hydroxyl groups excluding tert-OH is 1. The first-order chi connectivity index (χ1) is 4.04. The fourth-order valence-corrected chi connectivity index (χ4v) is 0.249. The summed E-state index contributed by atoms with van der Waals surface area (Å²) < 4.78 is 0. The molecule has 0 rings (SSSR count). The molecule has 0 aromatic heterocycles. The van der Waals surface area contributed by atoms with Crippen molar-refractivity contribution in [1.29, 1.82) is 0 Å². The topological polar surface area (TPSA) is 161 Å². The summed E-state index contributed by atoms with van der Waals surface area (Å²) in [5, 5.41) is 25.7. The molecule has 12 heavy (non-hydrogen) atoms. The van der Waals surface area contributed by atoms with Crippen LogP contribution in [0.3, 0.4) is 0 Å². The van der Waals surface area contributed by atoms with Gasteiger partial charge in [0.2, 0.25) is 0 Å². The molecule has 1 atom stereocenters. The molecule has 1 unspecified atom stereocenters. The van der Waals surface area contributed by atoms with Crippen molar-refractivity contribution >= 4 is 11.9 Å². The molecule has 0 aliphatic heterocycles. The summed E-state index contributed by atoms with van der Waals surface area (Å²) in [7, 11) is 0. The molecule has 0 aromatic carbocycles. The van der Waals surface area contributed by atoms with E-state index in [0.29, 0.717) is 0 Å². The second kappa shape index (κ2) is 10.8. The normalized spacial score (nSPS) is 9.42. The van der Waals surface area contributed by atoms with Crippen molar-refractivity contribution in [3.05, 3.63) is 0 Å². The van der Waals surface area contributed by atoms with Gasteiger partial charge in [0, 0.05) is 0 Å². The molecule has 0 spiro atoms. The maximum Gasteiger partial charge on any atom is 1.00 e. The second-order valence-corrected chi connectivity index (χ2v) is 1.43. The van der Waals surface area contributed by atoms with Gasteiger partial charge in [0.05, 0.1) is 12.4 Å². The van der Waals surface area contributed by atoms with E-state index in [0.717, 1.165) is 0 Å². The van der Waals surface area contributed by atoms with E-state index < -0.39 is 24.5 Å². The van der Waals surface area contributed by atoms with Crippen LogP contribution in [0.1, 0.15) is 6.42 Å². The predicted molar refractivity (Wildman–Crippen MR) is 30.5 cm³/mol. The largest absolute Gasteiger partial charge is 1.00 e. The van der Waals surface area contributed by atoms with Gasteiger partial charge in [-0.1, -0.05) is 0 Å². The molecule has 0 aromatic rings. The minimum Gasteiger partial charge on any atom is -0.547 e. The molecular formula is C4H9NaO7. The van der Waals surface area contributed by atoms with Crippen LogP contribution in [0.4, 0.5) is 0 Å². The molecule has 6 N–H and O–H groups in total. The van der Waals surface area contributed by atoms with Crippen molar-refractivity contribution in [1.82, 2.24) is 0 Å². The van der Waals surface area contributed by atoms with Gasteiger partial charge in [0.25, 0.3) is 0 Å². The Labute approximate surface area is 89.9 Å². The van der Waals surface area contributed by atoms with Crippen molar-refractivity contribution in [3.8, 4) is 0 Å². The first-order valence-corrected chi connectivity index (χ1v) is 2.14. The van der Waals surface area contributed by atoms with E-state index in [9.17, 15) is 14.7 Å². The molecule has 0 fully saturated rings. The van der Waals surface area contributed by atoms with Crippen LogP contribution in [0.5, 0.6) is 0 Å². The Morgan fingerprint density at radius 1 is 1.33 bits per heavy atom. The van der Waals surface area contributed by atoms with Crippen LogP contribution in [0.2, 0.25) is 0 Å². The number of carboxylic acids is 2. The first-order valence-electron chi connectivity index (χ1n) is 2.14. The Morgan fingerprint density at radius 2 is 1.67 bits per heavy atom. The van der Waals surface area contributed by atoms with Crippen LogP contribution in [0.25, 0.3) is 0 Å². The molecule has 0 heterocycles. The number of carbonyl (C=O) groups excluding carboxylic acids is 1. The summed E-state index contributed by atoms with van der Waals surface area (Å²) in [6, 6.07) is 0. The average Bonchev–Trinajstić information content (AvgIpc) is 1.63. The van der Waals surface area contributed by atoms with E-state index in [4.69, 9.17) is 10.2 Å². The zero-order valence-corrected chi connectivity index (χ0v) is 8.40. The summed E-state index contributed by atoms with van der Waals surface area (Å²) in [4.78, 5) is 19.3. The SMILES string of the molecule is O.O.O=C(O)CC(O)C(=O)[O-].[Na+]. The van der Waals surface area contributed by atoms with Crippen LogP contribution in [0.15, 0.2) is 0 Å². The number of carboxylic acid groups (broad SMARTS) is 2. The molecule has 0 amide bonds. The Balaban J connectivity index is -0.000000107. The molecule has 7 nitrogen and oxygen atoms in total. The molecule has 0 radical (unpaired) electrons. The van der Waals surface area contributed by atoms with Gasteiger partial charge in [0.1, 0.15) is 6.10 Å². The van der Waals surface area contributed by atoms with Crippen LogP contribution in [-0.2, 0) is 9.59 Å². The van der Waals surface area contributed by atoms with E-state index in [1.54, 1.807) is 0 Å². The summed E-state index contributed by atoms with van der Waals surface area (Å²) in [6.07, 6.45) is -2.72. The minimum atomic E-state index is -1.90. The van der Waals surface area contributed by atoms with Gasteiger partial charge in [-0.3, -0.25) is 4.79 Å². The van der Waals surface area contributed by atoms with E-state index in [1.807, 2.05) is 0 Å². The zero-order valence-electron chi connectivity index (χ0n) is 6.40. The number of aliphatic carboxylic acids is 2. The quantitative estimate of drug-likeness (QED) is 0.424. The number of hydrogen-bond donors (Lipinski definition) is 2. The predicted octanol–water partition coefficient (Wildman–Crippen LogP) is -7.07. The fraction of sp³-hybridized carbons (Fsp3) is 0.500. The third-order valence-electron chi connectivity index (χ3n) is 0.640. The average molecular weight is 192 g/mol. The summed E-state index contributed by atoms with van der Waals surface area (Å²) in [5.74, 6) is -3.14. The molecule has 8 heteroatoms. The molecular weight excluding hydrogens is 183 g/mol. The molecule has 0 aliphatic carbocycles. The van der Waals surface area contributed by atoms with Gasteiger partial charge in [0.15, 0.2) is 0 Å². The van der Waals surface area contributed by atoms with Crippen LogP contribution in [0, 0.1) is 0 Å². The fourth-order valence-electron chi connectivity index (χ4n) is 0.249. The Morgan fingerprint density at radius 3 is 1.75 bits per heavy atom. The van der Waals surface area contributed by atoms with Crippen LogP contribution < -0.4 is 34.7 Å². The van der Waals surface area contributed by atoms with Crippen molar-refractivity contribution in [2.24, 2.45) is 0 Å².